The molecule has 16 heavy (non-hydrogen) atoms. The fourth-order valence-electron chi connectivity index (χ4n) is 1.41. The van der Waals surface area contributed by atoms with Crippen molar-refractivity contribution in [1.82, 2.24) is 5.48 Å². The molecule has 0 atom stereocenters. The van der Waals surface area contributed by atoms with E-state index in [9.17, 15) is 0 Å². The number of rotatable bonds is 5. The minimum atomic E-state index is 0.556. The maximum atomic E-state index is 5.39. The van der Waals surface area contributed by atoms with Crippen molar-refractivity contribution in [2.75, 3.05) is 0 Å². The second-order valence-electron chi connectivity index (χ2n) is 3.61. The Kier molecular flexibility index (Phi) is 3.75. The molecular weight excluding hydrogens is 202 g/mol. The van der Waals surface area contributed by atoms with Gasteiger partial charge in [0, 0.05) is 0 Å². The van der Waals surface area contributed by atoms with Crippen molar-refractivity contribution in [2.24, 2.45) is 0 Å². The van der Waals surface area contributed by atoms with Gasteiger partial charge in [-0.1, -0.05) is 30.3 Å². The molecule has 1 aromatic carbocycles. The van der Waals surface area contributed by atoms with Gasteiger partial charge in [-0.05, 0) is 24.6 Å². The first kappa shape index (κ1) is 10.9. The van der Waals surface area contributed by atoms with Gasteiger partial charge in [0.2, 0.25) is 0 Å². The Bertz CT molecular complexity index is 423. The van der Waals surface area contributed by atoms with Crippen LogP contribution >= 0.6 is 0 Å². The third kappa shape index (κ3) is 3.22. The van der Waals surface area contributed by atoms with Crippen LogP contribution in [0.1, 0.15) is 17.1 Å². The summed E-state index contributed by atoms with van der Waals surface area (Å²) >= 11 is 0. The molecule has 0 fully saturated rings. The van der Waals surface area contributed by atoms with Crippen molar-refractivity contribution in [3.63, 3.8) is 0 Å². The van der Waals surface area contributed by atoms with Crippen LogP contribution in [0.4, 0.5) is 0 Å². The molecule has 3 nitrogen and oxygen atoms in total. The molecular formula is C13H15NO2. The van der Waals surface area contributed by atoms with E-state index >= 15 is 0 Å². The van der Waals surface area contributed by atoms with Crippen LogP contribution in [0.25, 0.3) is 0 Å². The highest BCUT2D eigenvalue weighted by atomic mass is 16.6. The average Bonchev–Trinajstić information content (AvgIpc) is 2.72. The lowest BCUT2D eigenvalue weighted by molar-refractivity contribution is 0.0200. The Balaban J connectivity index is 1.69. The van der Waals surface area contributed by atoms with Gasteiger partial charge in [0.1, 0.15) is 11.5 Å². The molecule has 0 aliphatic rings. The largest absolute Gasteiger partial charge is 0.465 e. The SMILES string of the molecule is Cc1ccc(CNOCc2ccccc2)o1. The van der Waals surface area contributed by atoms with Gasteiger partial charge in [-0.15, -0.1) is 0 Å². The summed E-state index contributed by atoms with van der Waals surface area (Å²) in [4.78, 5) is 5.32. The Hall–Kier alpha value is -1.58. The first-order valence-corrected chi connectivity index (χ1v) is 5.28. The minimum Gasteiger partial charge on any atom is -0.465 e. The van der Waals surface area contributed by atoms with Gasteiger partial charge < -0.3 is 4.42 Å². The Labute approximate surface area is 95.0 Å². The van der Waals surface area contributed by atoms with E-state index < -0.39 is 0 Å². The van der Waals surface area contributed by atoms with E-state index in [2.05, 4.69) is 5.48 Å². The minimum absolute atomic E-state index is 0.556. The van der Waals surface area contributed by atoms with E-state index in [0.717, 1.165) is 17.1 Å². The van der Waals surface area contributed by atoms with Crippen LogP contribution in [0, 0.1) is 6.92 Å². The predicted molar refractivity (Wildman–Crippen MR) is 61.5 cm³/mol. The molecule has 0 unspecified atom stereocenters. The number of hydroxylamine groups is 1. The van der Waals surface area contributed by atoms with E-state index in [4.69, 9.17) is 9.25 Å². The van der Waals surface area contributed by atoms with Crippen LogP contribution in [0.15, 0.2) is 46.9 Å². The van der Waals surface area contributed by atoms with Crippen molar-refractivity contribution in [1.29, 1.82) is 0 Å². The van der Waals surface area contributed by atoms with Gasteiger partial charge in [0.05, 0.1) is 13.2 Å². The lowest BCUT2D eigenvalue weighted by Crippen LogP contribution is -2.13. The third-order valence-corrected chi connectivity index (χ3v) is 2.23. The molecule has 0 bridgehead atoms. The Morgan fingerprint density at radius 1 is 1.12 bits per heavy atom. The lowest BCUT2D eigenvalue weighted by atomic mass is 10.2. The summed E-state index contributed by atoms with van der Waals surface area (Å²) in [6.45, 7) is 3.07. The molecule has 3 heteroatoms. The molecule has 2 rings (SSSR count). The average molecular weight is 217 g/mol. The van der Waals surface area contributed by atoms with E-state index in [1.165, 1.54) is 0 Å². The molecule has 0 saturated carbocycles. The molecule has 1 heterocycles. The highest BCUT2D eigenvalue weighted by molar-refractivity contribution is 5.13. The number of nitrogens with one attached hydrogen (secondary N) is 1. The van der Waals surface area contributed by atoms with Crippen LogP contribution in [-0.4, -0.2) is 0 Å². The summed E-state index contributed by atoms with van der Waals surface area (Å²) in [5.41, 5.74) is 4.01. The summed E-state index contributed by atoms with van der Waals surface area (Å²) in [5, 5.41) is 0. The van der Waals surface area contributed by atoms with Gasteiger partial charge in [-0.2, -0.15) is 5.48 Å². The second-order valence-corrected chi connectivity index (χ2v) is 3.61. The second kappa shape index (κ2) is 5.49. The van der Waals surface area contributed by atoms with E-state index in [1.54, 1.807) is 0 Å². The van der Waals surface area contributed by atoms with Gasteiger partial charge in [0.15, 0.2) is 0 Å². The molecule has 84 valence electrons. The molecule has 2 aromatic rings. The standard InChI is InChI=1S/C13H15NO2/c1-11-7-8-13(16-11)9-14-15-10-12-5-3-2-4-6-12/h2-8,14H,9-10H2,1H3. The number of furan rings is 1. The summed E-state index contributed by atoms with van der Waals surface area (Å²) in [6, 6.07) is 13.9. The monoisotopic (exact) mass is 217 g/mol. The zero-order valence-corrected chi connectivity index (χ0v) is 9.27. The molecule has 0 spiro atoms. The molecule has 0 saturated heterocycles. The molecule has 0 amide bonds. The van der Waals surface area contributed by atoms with Crippen molar-refractivity contribution < 1.29 is 9.25 Å². The van der Waals surface area contributed by atoms with Crippen molar-refractivity contribution in [2.45, 2.75) is 20.1 Å². The van der Waals surface area contributed by atoms with Crippen molar-refractivity contribution in [3.05, 3.63) is 59.5 Å². The first-order valence-electron chi connectivity index (χ1n) is 5.28. The smallest absolute Gasteiger partial charge is 0.120 e. The van der Waals surface area contributed by atoms with Crippen LogP contribution in [0.2, 0.25) is 0 Å². The molecule has 0 aliphatic heterocycles. The van der Waals surface area contributed by atoms with E-state index in [0.29, 0.717) is 13.2 Å². The van der Waals surface area contributed by atoms with Gasteiger partial charge in [0.25, 0.3) is 0 Å². The van der Waals surface area contributed by atoms with Gasteiger partial charge in [-0.25, -0.2) is 0 Å². The number of aryl methyl sites for hydroxylation is 1. The maximum absolute atomic E-state index is 5.39. The van der Waals surface area contributed by atoms with Gasteiger partial charge in [-0.3, -0.25) is 4.84 Å². The molecule has 0 radical (unpaired) electrons. The lowest BCUT2D eigenvalue weighted by Gasteiger charge is -2.04. The molecule has 0 aliphatic carbocycles. The van der Waals surface area contributed by atoms with Gasteiger partial charge >= 0.3 is 0 Å². The zero-order valence-electron chi connectivity index (χ0n) is 9.27. The van der Waals surface area contributed by atoms with Crippen LogP contribution in [0.3, 0.4) is 0 Å². The molecule has 1 aromatic heterocycles. The highest BCUT2D eigenvalue weighted by Crippen LogP contribution is 2.05. The third-order valence-electron chi connectivity index (χ3n) is 2.23. The normalized spacial score (nSPS) is 10.6. The Morgan fingerprint density at radius 2 is 1.94 bits per heavy atom. The fraction of sp³-hybridized carbons (Fsp3) is 0.231. The van der Waals surface area contributed by atoms with Crippen LogP contribution < -0.4 is 5.48 Å². The maximum Gasteiger partial charge on any atom is 0.120 e. The predicted octanol–water partition coefficient (Wildman–Crippen LogP) is 2.81. The summed E-state index contributed by atoms with van der Waals surface area (Å²) in [5.74, 6) is 1.80. The zero-order chi connectivity index (χ0) is 11.2. The highest BCUT2D eigenvalue weighted by Gasteiger charge is 1.97. The topological polar surface area (TPSA) is 34.4 Å². The quantitative estimate of drug-likeness (QED) is 0.617. The number of hydrogen-bond donors (Lipinski definition) is 1. The van der Waals surface area contributed by atoms with E-state index in [-0.39, 0.29) is 0 Å². The number of benzene rings is 1. The molecule has 1 N–H and O–H groups in total. The van der Waals surface area contributed by atoms with Crippen molar-refractivity contribution in [3.8, 4) is 0 Å². The summed E-state index contributed by atoms with van der Waals surface area (Å²) in [6.07, 6.45) is 0. The van der Waals surface area contributed by atoms with Crippen LogP contribution in [-0.2, 0) is 18.0 Å². The summed E-state index contributed by atoms with van der Waals surface area (Å²) in [7, 11) is 0. The number of hydrogen-bond acceptors (Lipinski definition) is 3. The fourth-order valence-corrected chi connectivity index (χ4v) is 1.41. The van der Waals surface area contributed by atoms with Crippen LogP contribution in [0.5, 0.6) is 0 Å². The summed E-state index contributed by atoms with van der Waals surface area (Å²) < 4.78 is 5.39. The Morgan fingerprint density at radius 3 is 2.62 bits per heavy atom. The van der Waals surface area contributed by atoms with E-state index in [1.807, 2.05) is 49.4 Å². The van der Waals surface area contributed by atoms with Crippen molar-refractivity contribution >= 4 is 0 Å². The first-order chi connectivity index (χ1) is 7.84.